The molecule has 0 aliphatic rings. The molecule has 2 rings (SSSR count). The van der Waals surface area contributed by atoms with Crippen LogP contribution in [0.25, 0.3) is 0 Å². The number of aromatic nitrogens is 1. The number of pyridine rings is 1. The van der Waals surface area contributed by atoms with Gasteiger partial charge in [-0.3, -0.25) is 9.59 Å². The molecule has 1 amide bonds. The molecule has 0 bridgehead atoms. The SMILES string of the molecule is CN(C)C(=O)c1ccc(NC(CCC(=O)O)Cc2ccccc2)nc1. The molecule has 25 heavy (non-hydrogen) atoms. The zero-order chi connectivity index (χ0) is 18.2. The molecule has 0 aliphatic carbocycles. The van der Waals surface area contributed by atoms with Gasteiger partial charge in [0.15, 0.2) is 0 Å². The summed E-state index contributed by atoms with van der Waals surface area (Å²) < 4.78 is 0. The van der Waals surface area contributed by atoms with Crippen LogP contribution < -0.4 is 5.32 Å². The van der Waals surface area contributed by atoms with Crippen LogP contribution in [0.5, 0.6) is 0 Å². The number of carboxylic acid groups (broad SMARTS) is 1. The lowest BCUT2D eigenvalue weighted by molar-refractivity contribution is -0.137. The van der Waals surface area contributed by atoms with E-state index >= 15 is 0 Å². The third-order valence-electron chi connectivity index (χ3n) is 3.80. The van der Waals surface area contributed by atoms with Gasteiger partial charge >= 0.3 is 5.97 Å². The molecule has 1 aromatic heterocycles. The van der Waals surface area contributed by atoms with Crippen molar-refractivity contribution in [2.24, 2.45) is 0 Å². The van der Waals surface area contributed by atoms with Gasteiger partial charge in [-0.2, -0.15) is 0 Å². The number of rotatable bonds is 8. The summed E-state index contributed by atoms with van der Waals surface area (Å²) in [7, 11) is 3.38. The second-order valence-electron chi connectivity index (χ2n) is 6.10. The van der Waals surface area contributed by atoms with E-state index in [1.807, 2.05) is 30.3 Å². The molecule has 6 nitrogen and oxygen atoms in total. The number of nitrogens with zero attached hydrogens (tertiary/aromatic N) is 2. The van der Waals surface area contributed by atoms with Gasteiger partial charge in [-0.15, -0.1) is 0 Å². The van der Waals surface area contributed by atoms with E-state index < -0.39 is 5.97 Å². The first kappa shape index (κ1) is 18.4. The van der Waals surface area contributed by atoms with E-state index in [2.05, 4.69) is 10.3 Å². The smallest absolute Gasteiger partial charge is 0.303 e. The predicted molar refractivity (Wildman–Crippen MR) is 96.7 cm³/mol. The number of carbonyl (C=O) groups is 2. The third-order valence-corrected chi connectivity index (χ3v) is 3.80. The van der Waals surface area contributed by atoms with Gasteiger partial charge in [0.25, 0.3) is 5.91 Å². The molecule has 0 radical (unpaired) electrons. The number of carboxylic acids is 1. The molecule has 1 atom stereocenters. The first-order chi connectivity index (χ1) is 12.0. The van der Waals surface area contributed by atoms with Crippen LogP contribution in [0.4, 0.5) is 5.82 Å². The van der Waals surface area contributed by atoms with E-state index in [0.717, 1.165) is 5.56 Å². The minimum absolute atomic E-state index is 0.0543. The molecule has 6 heteroatoms. The van der Waals surface area contributed by atoms with Gasteiger partial charge in [-0.25, -0.2) is 4.98 Å². The Bertz CT molecular complexity index is 700. The molecule has 2 aromatic rings. The van der Waals surface area contributed by atoms with Crippen molar-refractivity contribution in [3.63, 3.8) is 0 Å². The lowest BCUT2D eigenvalue weighted by Crippen LogP contribution is -2.25. The Balaban J connectivity index is 2.07. The van der Waals surface area contributed by atoms with E-state index in [9.17, 15) is 9.59 Å². The summed E-state index contributed by atoms with van der Waals surface area (Å²) in [6.07, 6.45) is 2.81. The summed E-state index contributed by atoms with van der Waals surface area (Å²) in [6, 6.07) is 13.3. The highest BCUT2D eigenvalue weighted by Crippen LogP contribution is 2.14. The van der Waals surface area contributed by atoms with Crippen molar-refractivity contribution in [2.45, 2.75) is 25.3 Å². The van der Waals surface area contributed by atoms with Crippen LogP contribution in [0.3, 0.4) is 0 Å². The minimum atomic E-state index is -0.820. The van der Waals surface area contributed by atoms with E-state index in [4.69, 9.17) is 5.11 Å². The fourth-order valence-electron chi connectivity index (χ4n) is 2.49. The Morgan fingerprint density at radius 1 is 1.16 bits per heavy atom. The maximum absolute atomic E-state index is 11.9. The van der Waals surface area contributed by atoms with Crippen molar-refractivity contribution in [1.29, 1.82) is 0 Å². The van der Waals surface area contributed by atoms with Crippen molar-refractivity contribution in [3.05, 3.63) is 59.8 Å². The summed E-state index contributed by atoms with van der Waals surface area (Å²) in [5.74, 6) is -0.299. The number of nitrogens with one attached hydrogen (secondary N) is 1. The van der Waals surface area contributed by atoms with Crippen LogP contribution in [0.2, 0.25) is 0 Å². The molecule has 2 N–H and O–H groups in total. The van der Waals surface area contributed by atoms with Crippen LogP contribution in [0, 0.1) is 0 Å². The van der Waals surface area contributed by atoms with Crippen LogP contribution in [-0.2, 0) is 11.2 Å². The van der Waals surface area contributed by atoms with Gasteiger partial charge < -0.3 is 15.3 Å². The van der Waals surface area contributed by atoms with Gasteiger partial charge in [0, 0.05) is 32.8 Å². The molecular formula is C19H23N3O3. The van der Waals surface area contributed by atoms with Crippen molar-refractivity contribution >= 4 is 17.7 Å². The first-order valence-corrected chi connectivity index (χ1v) is 8.15. The Kier molecular flexibility index (Phi) is 6.51. The number of benzene rings is 1. The molecule has 0 spiro atoms. The molecule has 0 aliphatic heterocycles. The van der Waals surface area contributed by atoms with E-state index in [0.29, 0.717) is 24.2 Å². The zero-order valence-electron chi connectivity index (χ0n) is 14.5. The third kappa shape index (κ3) is 5.91. The van der Waals surface area contributed by atoms with Crippen molar-refractivity contribution in [1.82, 2.24) is 9.88 Å². The maximum atomic E-state index is 11.9. The molecule has 1 aromatic carbocycles. The molecule has 0 fully saturated rings. The maximum Gasteiger partial charge on any atom is 0.303 e. The topological polar surface area (TPSA) is 82.5 Å². The van der Waals surface area contributed by atoms with E-state index in [-0.39, 0.29) is 18.4 Å². The van der Waals surface area contributed by atoms with Crippen molar-refractivity contribution in [2.75, 3.05) is 19.4 Å². The Labute approximate surface area is 147 Å². The number of hydrogen-bond acceptors (Lipinski definition) is 4. The molecule has 1 unspecified atom stereocenters. The minimum Gasteiger partial charge on any atom is -0.481 e. The average molecular weight is 341 g/mol. The second-order valence-corrected chi connectivity index (χ2v) is 6.10. The standard InChI is InChI=1S/C19H23N3O3/c1-22(2)19(25)15-8-10-17(20-13-15)21-16(9-11-18(23)24)12-14-6-4-3-5-7-14/h3-8,10,13,16H,9,11-12H2,1-2H3,(H,20,21)(H,23,24). The van der Waals surface area contributed by atoms with Gasteiger partial charge in [0.1, 0.15) is 5.82 Å². The number of amides is 1. The fraction of sp³-hybridized carbons (Fsp3) is 0.316. The van der Waals surface area contributed by atoms with Crippen LogP contribution in [0.15, 0.2) is 48.7 Å². The highest BCUT2D eigenvalue weighted by Gasteiger charge is 2.14. The second kappa shape index (κ2) is 8.82. The summed E-state index contributed by atoms with van der Waals surface area (Å²) in [6.45, 7) is 0. The number of anilines is 1. The Hall–Kier alpha value is -2.89. The summed E-state index contributed by atoms with van der Waals surface area (Å²) >= 11 is 0. The zero-order valence-corrected chi connectivity index (χ0v) is 14.5. The molecule has 1 heterocycles. The summed E-state index contributed by atoms with van der Waals surface area (Å²) in [4.78, 5) is 28.6. The number of aliphatic carboxylic acids is 1. The number of carbonyl (C=O) groups excluding carboxylic acids is 1. The quantitative estimate of drug-likeness (QED) is 0.771. The highest BCUT2D eigenvalue weighted by atomic mass is 16.4. The molecule has 0 saturated carbocycles. The largest absolute Gasteiger partial charge is 0.481 e. The van der Waals surface area contributed by atoms with Gasteiger partial charge in [0.2, 0.25) is 0 Å². The normalized spacial score (nSPS) is 11.6. The summed E-state index contributed by atoms with van der Waals surface area (Å²) in [5.41, 5.74) is 1.64. The predicted octanol–water partition coefficient (Wildman–Crippen LogP) is 2.67. The van der Waals surface area contributed by atoms with Crippen LogP contribution >= 0.6 is 0 Å². The van der Waals surface area contributed by atoms with E-state index in [1.165, 1.54) is 11.1 Å². The Morgan fingerprint density at radius 3 is 2.44 bits per heavy atom. The average Bonchev–Trinajstić information content (AvgIpc) is 2.60. The van der Waals surface area contributed by atoms with Gasteiger partial charge in [-0.1, -0.05) is 30.3 Å². The molecule has 132 valence electrons. The number of hydrogen-bond donors (Lipinski definition) is 2. The molecular weight excluding hydrogens is 318 g/mol. The van der Waals surface area contributed by atoms with Crippen LogP contribution in [0.1, 0.15) is 28.8 Å². The highest BCUT2D eigenvalue weighted by molar-refractivity contribution is 5.93. The first-order valence-electron chi connectivity index (χ1n) is 8.15. The van der Waals surface area contributed by atoms with Gasteiger partial charge in [0.05, 0.1) is 5.56 Å². The molecule has 0 saturated heterocycles. The summed E-state index contributed by atoms with van der Waals surface area (Å²) in [5, 5.41) is 12.2. The van der Waals surface area contributed by atoms with Crippen molar-refractivity contribution < 1.29 is 14.7 Å². The monoisotopic (exact) mass is 341 g/mol. The Morgan fingerprint density at radius 2 is 1.88 bits per heavy atom. The lowest BCUT2D eigenvalue weighted by atomic mass is 10.0. The lowest BCUT2D eigenvalue weighted by Gasteiger charge is -2.19. The fourth-order valence-corrected chi connectivity index (χ4v) is 2.49. The van der Waals surface area contributed by atoms with Gasteiger partial charge in [-0.05, 0) is 30.5 Å². The van der Waals surface area contributed by atoms with Crippen LogP contribution in [-0.4, -0.2) is 47.0 Å². The van der Waals surface area contributed by atoms with E-state index in [1.54, 1.807) is 26.2 Å². The van der Waals surface area contributed by atoms with Crippen molar-refractivity contribution in [3.8, 4) is 0 Å².